The van der Waals surface area contributed by atoms with Crippen molar-refractivity contribution in [1.29, 1.82) is 0 Å². The number of hydrogen-bond acceptors (Lipinski definition) is 1. The standard InChI is InChI=1S/C20H17F3N2.ClH/c1-25-18(13-16-8-2-3-10-19(16)25)14-24-11-5-7-15-6-4-9-17(12-15)20(21,22)23;/h2-10,12-14H,11H2,1H3;1H/b7-5+,24-14?;. The van der Waals surface area contributed by atoms with Gasteiger partial charge < -0.3 is 4.57 Å². The summed E-state index contributed by atoms with van der Waals surface area (Å²) < 4.78 is 40.1. The molecule has 0 saturated heterocycles. The largest absolute Gasteiger partial charge is 0.416 e. The van der Waals surface area contributed by atoms with Gasteiger partial charge in [-0.05, 0) is 29.8 Å². The van der Waals surface area contributed by atoms with Crippen molar-refractivity contribution < 1.29 is 13.2 Å². The highest BCUT2D eigenvalue weighted by Crippen LogP contribution is 2.29. The Morgan fingerprint density at radius 3 is 2.54 bits per heavy atom. The van der Waals surface area contributed by atoms with Gasteiger partial charge in [0.1, 0.15) is 0 Å². The number of rotatable bonds is 4. The molecule has 0 aliphatic heterocycles. The first-order valence-electron chi connectivity index (χ1n) is 7.83. The third-order valence-electron chi connectivity index (χ3n) is 3.95. The van der Waals surface area contributed by atoms with Crippen molar-refractivity contribution in [1.82, 2.24) is 4.57 Å². The van der Waals surface area contributed by atoms with Crippen molar-refractivity contribution in [2.45, 2.75) is 6.18 Å². The lowest BCUT2D eigenvalue weighted by molar-refractivity contribution is -0.137. The number of aromatic nitrogens is 1. The van der Waals surface area contributed by atoms with Gasteiger partial charge in [0, 0.05) is 24.2 Å². The number of aryl methyl sites for hydroxylation is 1. The number of aliphatic imine (C=N–C) groups is 1. The summed E-state index contributed by atoms with van der Waals surface area (Å²) in [6.45, 7) is 0.401. The number of nitrogens with zero attached hydrogens (tertiary/aromatic N) is 2. The fraction of sp³-hybridized carbons (Fsp3) is 0.150. The minimum atomic E-state index is -4.32. The lowest BCUT2D eigenvalue weighted by Gasteiger charge is -2.06. The molecule has 2 aromatic carbocycles. The molecule has 1 heterocycles. The predicted molar refractivity (Wildman–Crippen MR) is 103 cm³/mol. The van der Waals surface area contributed by atoms with Crippen LogP contribution in [-0.4, -0.2) is 17.3 Å². The number of benzene rings is 2. The molecule has 0 spiro atoms. The summed E-state index contributed by atoms with van der Waals surface area (Å²) in [5.41, 5.74) is 1.97. The van der Waals surface area contributed by atoms with Crippen LogP contribution in [0.1, 0.15) is 16.8 Å². The Kier molecular flexibility index (Phi) is 6.27. The number of para-hydroxylation sites is 1. The molecule has 2 nitrogen and oxygen atoms in total. The topological polar surface area (TPSA) is 17.3 Å². The highest BCUT2D eigenvalue weighted by Gasteiger charge is 2.30. The average molecular weight is 379 g/mol. The van der Waals surface area contributed by atoms with Crippen LogP contribution in [-0.2, 0) is 13.2 Å². The molecule has 0 saturated carbocycles. The summed E-state index contributed by atoms with van der Waals surface area (Å²) in [5.74, 6) is 0. The van der Waals surface area contributed by atoms with Crippen LogP contribution in [0, 0.1) is 0 Å². The van der Waals surface area contributed by atoms with Gasteiger partial charge in [-0.3, -0.25) is 4.99 Å². The molecule has 3 aromatic rings. The Morgan fingerprint density at radius 1 is 1.04 bits per heavy atom. The van der Waals surface area contributed by atoms with Crippen molar-refractivity contribution in [3.05, 3.63) is 77.5 Å². The van der Waals surface area contributed by atoms with Crippen LogP contribution in [0.4, 0.5) is 13.2 Å². The average Bonchev–Trinajstić information content (AvgIpc) is 2.91. The summed E-state index contributed by atoms with van der Waals surface area (Å²) >= 11 is 0. The van der Waals surface area contributed by atoms with E-state index in [4.69, 9.17) is 0 Å². The minimum absolute atomic E-state index is 0. The maximum absolute atomic E-state index is 12.7. The number of alkyl halides is 3. The lowest BCUT2D eigenvalue weighted by Crippen LogP contribution is -2.04. The third kappa shape index (κ3) is 4.55. The first kappa shape index (κ1) is 19.8. The zero-order valence-electron chi connectivity index (χ0n) is 14.1. The molecule has 0 N–H and O–H groups in total. The second-order valence-electron chi connectivity index (χ2n) is 5.71. The Morgan fingerprint density at radius 2 is 1.81 bits per heavy atom. The monoisotopic (exact) mass is 378 g/mol. The molecule has 0 atom stereocenters. The van der Waals surface area contributed by atoms with Crippen molar-refractivity contribution in [2.75, 3.05) is 6.54 Å². The molecule has 136 valence electrons. The molecule has 0 aliphatic rings. The molecule has 0 radical (unpaired) electrons. The first-order chi connectivity index (χ1) is 11.9. The maximum Gasteiger partial charge on any atom is 0.416 e. The first-order valence-corrected chi connectivity index (χ1v) is 7.83. The Labute approximate surface area is 156 Å². The summed E-state index contributed by atoms with van der Waals surface area (Å²) in [6.07, 6.45) is 0.843. The molecule has 0 aliphatic carbocycles. The molecule has 0 fully saturated rings. The fourth-order valence-corrected chi connectivity index (χ4v) is 2.65. The van der Waals surface area contributed by atoms with Crippen LogP contribution in [0.3, 0.4) is 0 Å². The normalized spacial score (nSPS) is 12.2. The van der Waals surface area contributed by atoms with Crippen LogP contribution in [0.25, 0.3) is 17.0 Å². The van der Waals surface area contributed by atoms with Crippen LogP contribution in [0.2, 0.25) is 0 Å². The molecular formula is C20H18ClF3N2. The van der Waals surface area contributed by atoms with E-state index in [9.17, 15) is 13.2 Å². The van der Waals surface area contributed by atoms with E-state index in [0.717, 1.165) is 28.7 Å². The second-order valence-corrected chi connectivity index (χ2v) is 5.71. The van der Waals surface area contributed by atoms with Crippen LogP contribution >= 0.6 is 12.4 Å². The van der Waals surface area contributed by atoms with E-state index >= 15 is 0 Å². The molecule has 0 amide bonds. The summed E-state index contributed by atoms with van der Waals surface area (Å²) in [7, 11) is 1.97. The van der Waals surface area contributed by atoms with E-state index in [1.807, 2.05) is 31.3 Å². The van der Waals surface area contributed by atoms with Crippen molar-refractivity contribution in [3.8, 4) is 0 Å². The number of hydrogen-bond donors (Lipinski definition) is 0. The fourth-order valence-electron chi connectivity index (χ4n) is 2.65. The molecule has 1 aromatic heterocycles. The van der Waals surface area contributed by atoms with Gasteiger partial charge in [-0.15, -0.1) is 12.4 Å². The van der Waals surface area contributed by atoms with Crippen LogP contribution in [0.15, 0.2) is 65.7 Å². The minimum Gasteiger partial charge on any atom is -0.343 e. The Bertz CT molecular complexity index is 940. The van der Waals surface area contributed by atoms with E-state index in [1.165, 1.54) is 6.07 Å². The Hall–Kier alpha value is -2.53. The van der Waals surface area contributed by atoms with Gasteiger partial charge in [0.25, 0.3) is 0 Å². The highest BCUT2D eigenvalue weighted by molar-refractivity contribution is 5.90. The van der Waals surface area contributed by atoms with E-state index in [1.54, 1.807) is 24.4 Å². The van der Waals surface area contributed by atoms with E-state index in [0.29, 0.717) is 12.1 Å². The smallest absolute Gasteiger partial charge is 0.343 e. The van der Waals surface area contributed by atoms with Crippen molar-refractivity contribution >= 4 is 35.6 Å². The van der Waals surface area contributed by atoms with E-state index in [2.05, 4.69) is 15.6 Å². The van der Waals surface area contributed by atoms with Gasteiger partial charge in [0.15, 0.2) is 0 Å². The number of fused-ring (bicyclic) bond motifs is 1. The van der Waals surface area contributed by atoms with Crippen molar-refractivity contribution in [3.63, 3.8) is 0 Å². The SMILES string of the molecule is Cl.Cn1c(C=NC/C=C/c2cccc(C(F)(F)F)c2)cc2ccccc21. The molecule has 6 heteroatoms. The van der Waals surface area contributed by atoms with Crippen LogP contribution in [0.5, 0.6) is 0 Å². The molecule has 3 rings (SSSR count). The summed E-state index contributed by atoms with van der Waals surface area (Å²) in [4.78, 5) is 4.33. The number of halogens is 4. The molecular weight excluding hydrogens is 361 g/mol. The molecule has 0 unspecified atom stereocenters. The van der Waals surface area contributed by atoms with Crippen LogP contribution < -0.4 is 0 Å². The van der Waals surface area contributed by atoms with E-state index < -0.39 is 11.7 Å². The lowest BCUT2D eigenvalue weighted by atomic mass is 10.1. The zero-order valence-corrected chi connectivity index (χ0v) is 14.9. The maximum atomic E-state index is 12.7. The quantitative estimate of drug-likeness (QED) is 0.514. The van der Waals surface area contributed by atoms with E-state index in [-0.39, 0.29) is 12.4 Å². The molecule has 26 heavy (non-hydrogen) atoms. The van der Waals surface area contributed by atoms with Gasteiger partial charge in [0.05, 0.1) is 17.8 Å². The van der Waals surface area contributed by atoms with Gasteiger partial charge in [0.2, 0.25) is 0 Å². The summed E-state index contributed by atoms with van der Waals surface area (Å²) in [6, 6.07) is 15.3. The Balaban J connectivity index is 0.00000243. The van der Waals surface area contributed by atoms with Gasteiger partial charge in [-0.2, -0.15) is 13.2 Å². The second kappa shape index (κ2) is 8.23. The zero-order chi connectivity index (χ0) is 17.9. The third-order valence-corrected chi connectivity index (χ3v) is 3.95. The van der Waals surface area contributed by atoms with Gasteiger partial charge in [-0.25, -0.2) is 0 Å². The highest BCUT2D eigenvalue weighted by atomic mass is 35.5. The summed E-state index contributed by atoms with van der Waals surface area (Å²) in [5, 5.41) is 1.14. The van der Waals surface area contributed by atoms with Gasteiger partial charge >= 0.3 is 6.18 Å². The van der Waals surface area contributed by atoms with Crippen molar-refractivity contribution in [2.24, 2.45) is 12.0 Å². The van der Waals surface area contributed by atoms with Gasteiger partial charge in [-0.1, -0.05) is 42.5 Å². The molecule has 0 bridgehead atoms. The predicted octanol–water partition coefficient (Wildman–Crippen LogP) is 5.75.